The summed E-state index contributed by atoms with van der Waals surface area (Å²) in [6.07, 6.45) is 2.91. The number of esters is 1. The Hall–Kier alpha value is -2.30. The van der Waals surface area contributed by atoms with Gasteiger partial charge in [0.2, 0.25) is 0 Å². The first-order valence-corrected chi connectivity index (χ1v) is 8.04. The Bertz CT molecular complexity index is 659. The largest absolute Gasteiger partial charge is 0.466 e. The number of ether oxygens (including phenoxy) is 1. The second kappa shape index (κ2) is 6.07. The van der Waals surface area contributed by atoms with Crippen molar-refractivity contribution in [3.63, 3.8) is 0 Å². The predicted molar refractivity (Wildman–Crippen MR) is 86.7 cm³/mol. The van der Waals surface area contributed by atoms with Gasteiger partial charge in [-0.2, -0.15) is 0 Å². The highest BCUT2D eigenvalue weighted by molar-refractivity contribution is 5.95. The molecule has 1 saturated carbocycles. The number of amides is 2. The Morgan fingerprint density at radius 2 is 1.96 bits per heavy atom. The van der Waals surface area contributed by atoms with E-state index in [2.05, 4.69) is 12.2 Å². The quantitative estimate of drug-likeness (QED) is 0.869. The number of methoxy groups -OCH3 is 1. The van der Waals surface area contributed by atoms with Crippen molar-refractivity contribution < 1.29 is 14.3 Å². The van der Waals surface area contributed by atoms with Crippen LogP contribution >= 0.6 is 0 Å². The van der Waals surface area contributed by atoms with Crippen molar-refractivity contribution in [2.75, 3.05) is 7.11 Å². The van der Waals surface area contributed by atoms with Crippen LogP contribution in [0.15, 0.2) is 35.5 Å². The van der Waals surface area contributed by atoms with Crippen molar-refractivity contribution in [1.29, 1.82) is 0 Å². The topological polar surface area (TPSA) is 58.6 Å². The molecule has 0 aromatic heterocycles. The van der Waals surface area contributed by atoms with Gasteiger partial charge in [0.1, 0.15) is 0 Å². The maximum Gasteiger partial charge on any atom is 0.337 e. The van der Waals surface area contributed by atoms with Gasteiger partial charge in [-0.05, 0) is 37.3 Å². The molecule has 0 bridgehead atoms. The number of benzene rings is 1. The molecule has 122 valence electrons. The van der Waals surface area contributed by atoms with E-state index in [9.17, 15) is 9.59 Å². The Morgan fingerprint density at radius 1 is 1.30 bits per heavy atom. The zero-order chi connectivity index (χ0) is 16.6. The molecule has 1 aromatic carbocycles. The van der Waals surface area contributed by atoms with E-state index in [1.165, 1.54) is 12.7 Å². The number of allylic oxidation sites excluding steroid dienone is 1. The summed E-state index contributed by atoms with van der Waals surface area (Å²) in [5.74, 6) is -0.391. The standard InChI is InChI=1S/C18H22N2O3/c1-4-12-5-7-13(8-6-12)16-15(17(21)23-3)11(2)20(14-9-10-14)18(22)19-16/h5-8,14,16H,4,9-10H2,1-3H3,(H,19,22)/t16-/m0/s1. The smallest absolute Gasteiger partial charge is 0.337 e. The number of urea groups is 1. The van der Waals surface area contributed by atoms with Crippen LogP contribution in [0.5, 0.6) is 0 Å². The molecule has 2 aliphatic rings. The number of nitrogens with one attached hydrogen (secondary N) is 1. The van der Waals surface area contributed by atoms with Crippen LogP contribution in [-0.4, -0.2) is 30.1 Å². The summed E-state index contributed by atoms with van der Waals surface area (Å²) in [5.41, 5.74) is 3.33. The van der Waals surface area contributed by atoms with Gasteiger partial charge in [0, 0.05) is 11.7 Å². The van der Waals surface area contributed by atoms with E-state index in [4.69, 9.17) is 4.74 Å². The lowest BCUT2D eigenvalue weighted by Gasteiger charge is -2.35. The van der Waals surface area contributed by atoms with Crippen LogP contribution in [0.4, 0.5) is 4.79 Å². The van der Waals surface area contributed by atoms with Crippen molar-refractivity contribution in [3.8, 4) is 0 Å². The van der Waals surface area contributed by atoms with Crippen molar-refractivity contribution in [1.82, 2.24) is 10.2 Å². The maximum absolute atomic E-state index is 12.5. The molecule has 3 rings (SSSR count). The first kappa shape index (κ1) is 15.6. The Morgan fingerprint density at radius 3 is 2.48 bits per heavy atom. The highest BCUT2D eigenvalue weighted by Crippen LogP contribution is 2.37. The Kier molecular flexibility index (Phi) is 4.11. The van der Waals surface area contributed by atoms with E-state index in [0.29, 0.717) is 11.3 Å². The number of nitrogens with zero attached hydrogens (tertiary/aromatic N) is 1. The summed E-state index contributed by atoms with van der Waals surface area (Å²) < 4.78 is 4.97. The molecule has 1 aliphatic carbocycles. The molecule has 0 unspecified atom stereocenters. The molecule has 0 spiro atoms. The van der Waals surface area contributed by atoms with Crippen LogP contribution in [0, 0.1) is 0 Å². The number of rotatable bonds is 4. The van der Waals surface area contributed by atoms with Crippen LogP contribution in [-0.2, 0) is 16.0 Å². The second-order valence-electron chi connectivity index (χ2n) is 6.07. The van der Waals surface area contributed by atoms with E-state index in [1.807, 2.05) is 31.2 Å². The molecule has 1 aliphatic heterocycles. The normalized spacial score (nSPS) is 21.3. The van der Waals surface area contributed by atoms with Crippen LogP contribution in [0.1, 0.15) is 43.9 Å². The third kappa shape index (κ3) is 2.83. The lowest BCUT2D eigenvalue weighted by atomic mass is 9.94. The zero-order valence-corrected chi connectivity index (χ0v) is 13.8. The van der Waals surface area contributed by atoms with E-state index < -0.39 is 12.0 Å². The van der Waals surface area contributed by atoms with E-state index in [0.717, 1.165) is 24.8 Å². The van der Waals surface area contributed by atoms with Crippen LogP contribution in [0.2, 0.25) is 0 Å². The summed E-state index contributed by atoms with van der Waals surface area (Å²) in [6.45, 7) is 3.92. The number of hydrogen-bond acceptors (Lipinski definition) is 3. The van der Waals surface area contributed by atoms with E-state index >= 15 is 0 Å². The highest BCUT2D eigenvalue weighted by Gasteiger charge is 2.42. The Balaban J connectivity index is 2.03. The minimum absolute atomic E-state index is 0.137. The van der Waals surface area contributed by atoms with Gasteiger partial charge in [0.05, 0.1) is 18.7 Å². The fourth-order valence-corrected chi connectivity index (χ4v) is 3.10. The van der Waals surface area contributed by atoms with Crippen molar-refractivity contribution in [2.24, 2.45) is 0 Å². The molecular formula is C18H22N2O3. The monoisotopic (exact) mass is 314 g/mol. The minimum Gasteiger partial charge on any atom is -0.466 e. The molecule has 2 amide bonds. The fraction of sp³-hybridized carbons (Fsp3) is 0.444. The number of aryl methyl sites for hydroxylation is 1. The van der Waals surface area contributed by atoms with Gasteiger partial charge in [-0.25, -0.2) is 9.59 Å². The lowest BCUT2D eigenvalue weighted by molar-refractivity contribution is -0.136. The lowest BCUT2D eigenvalue weighted by Crippen LogP contribution is -2.48. The fourth-order valence-electron chi connectivity index (χ4n) is 3.10. The molecular weight excluding hydrogens is 292 g/mol. The summed E-state index contributed by atoms with van der Waals surface area (Å²) >= 11 is 0. The minimum atomic E-state index is -0.462. The summed E-state index contributed by atoms with van der Waals surface area (Å²) in [6, 6.07) is 7.59. The molecule has 1 heterocycles. The maximum atomic E-state index is 12.5. The third-order valence-corrected chi connectivity index (χ3v) is 4.57. The average molecular weight is 314 g/mol. The van der Waals surface area contributed by atoms with Crippen LogP contribution in [0.3, 0.4) is 0 Å². The molecule has 5 heteroatoms. The average Bonchev–Trinajstić information content (AvgIpc) is 3.38. The summed E-state index contributed by atoms with van der Waals surface area (Å²) in [4.78, 5) is 26.5. The van der Waals surface area contributed by atoms with Crippen molar-refractivity contribution in [2.45, 2.75) is 45.2 Å². The molecule has 1 N–H and O–H groups in total. The molecule has 1 aromatic rings. The van der Waals surface area contributed by atoms with E-state index in [1.54, 1.807) is 4.90 Å². The van der Waals surface area contributed by atoms with Gasteiger partial charge < -0.3 is 10.1 Å². The Labute approximate surface area is 136 Å². The van der Waals surface area contributed by atoms with Gasteiger partial charge in [-0.15, -0.1) is 0 Å². The third-order valence-electron chi connectivity index (χ3n) is 4.57. The number of hydrogen-bond donors (Lipinski definition) is 1. The summed E-state index contributed by atoms with van der Waals surface area (Å²) in [7, 11) is 1.37. The van der Waals surface area contributed by atoms with Gasteiger partial charge in [-0.1, -0.05) is 31.2 Å². The predicted octanol–water partition coefficient (Wildman–Crippen LogP) is 2.92. The van der Waals surface area contributed by atoms with Gasteiger partial charge in [-0.3, -0.25) is 4.90 Å². The first-order valence-electron chi connectivity index (χ1n) is 8.04. The van der Waals surface area contributed by atoms with E-state index in [-0.39, 0.29) is 12.1 Å². The molecule has 23 heavy (non-hydrogen) atoms. The molecule has 0 saturated heterocycles. The van der Waals surface area contributed by atoms with Gasteiger partial charge in [0.15, 0.2) is 0 Å². The van der Waals surface area contributed by atoms with Crippen LogP contribution in [0.25, 0.3) is 0 Å². The molecule has 5 nitrogen and oxygen atoms in total. The van der Waals surface area contributed by atoms with Gasteiger partial charge in [0.25, 0.3) is 0 Å². The first-order chi connectivity index (χ1) is 11.1. The van der Waals surface area contributed by atoms with Crippen molar-refractivity contribution >= 4 is 12.0 Å². The SMILES string of the molecule is CCc1ccc([C@@H]2NC(=O)N(C3CC3)C(C)=C2C(=O)OC)cc1. The van der Waals surface area contributed by atoms with Crippen LogP contribution < -0.4 is 5.32 Å². The number of carbonyl (C=O) groups excluding carboxylic acids is 2. The second-order valence-corrected chi connectivity index (χ2v) is 6.07. The molecule has 0 radical (unpaired) electrons. The molecule has 1 atom stereocenters. The zero-order valence-electron chi connectivity index (χ0n) is 13.8. The van der Waals surface area contributed by atoms with Crippen molar-refractivity contribution in [3.05, 3.63) is 46.7 Å². The highest BCUT2D eigenvalue weighted by atomic mass is 16.5. The summed E-state index contributed by atoms with van der Waals surface area (Å²) in [5, 5.41) is 2.97. The molecule has 1 fully saturated rings. The van der Waals surface area contributed by atoms with Gasteiger partial charge >= 0.3 is 12.0 Å². The number of carbonyl (C=O) groups is 2.